The molecule has 132 valence electrons. The smallest absolute Gasteiger partial charge is 0.252 e. The largest absolute Gasteiger partial charge is 0.351 e. The Morgan fingerprint density at radius 1 is 1.33 bits per heavy atom. The minimum absolute atomic E-state index is 0.244. The number of rotatable bonds is 8. The molecule has 0 aliphatic heterocycles. The zero-order valence-electron chi connectivity index (χ0n) is 14.1. The fourth-order valence-corrected chi connectivity index (χ4v) is 3.58. The van der Waals surface area contributed by atoms with E-state index >= 15 is 0 Å². The Hall–Kier alpha value is -1.73. The highest BCUT2D eigenvalue weighted by molar-refractivity contribution is 7.88. The van der Waals surface area contributed by atoms with Gasteiger partial charge in [-0.15, -0.1) is 0 Å². The zero-order chi connectivity index (χ0) is 17.4. The van der Waals surface area contributed by atoms with Gasteiger partial charge < -0.3 is 5.32 Å². The first kappa shape index (κ1) is 18.6. The first-order valence-electron chi connectivity index (χ1n) is 8.28. The van der Waals surface area contributed by atoms with Gasteiger partial charge in [-0.25, -0.2) is 12.7 Å². The van der Waals surface area contributed by atoms with Crippen molar-refractivity contribution in [3.05, 3.63) is 41.7 Å². The van der Waals surface area contributed by atoms with E-state index in [0.29, 0.717) is 12.1 Å². The lowest BCUT2D eigenvalue weighted by Gasteiger charge is -2.22. The van der Waals surface area contributed by atoms with Gasteiger partial charge in [-0.2, -0.15) is 0 Å². The van der Waals surface area contributed by atoms with Gasteiger partial charge in [0.25, 0.3) is 5.91 Å². The molecule has 1 N–H and O–H groups in total. The SMILES string of the molecule is CS(=O)(=O)N(CCNC(=O)c1cccnc1)CCC1=CCCCC1. The van der Waals surface area contributed by atoms with Gasteiger partial charge in [-0.3, -0.25) is 9.78 Å². The van der Waals surface area contributed by atoms with E-state index in [0.717, 1.165) is 19.3 Å². The second-order valence-electron chi connectivity index (χ2n) is 6.02. The van der Waals surface area contributed by atoms with Crippen molar-refractivity contribution in [1.29, 1.82) is 0 Å². The third-order valence-corrected chi connectivity index (χ3v) is 5.41. The molecule has 0 spiro atoms. The van der Waals surface area contributed by atoms with E-state index in [2.05, 4.69) is 16.4 Å². The van der Waals surface area contributed by atoms with Gasteiger partial charge in [0.15, 0.2) is 0 Å². The monoisotopic (exact) mass is 351 g/mol. The number of hydrogen-bond acceptors (Lipinski definition) is 4. The molecule has 0 saturated carbocycles. The molecular weight excluding hydrogens is 326 g/mol. The van der Waals surface area contributed by atoms with E-state index in [1.54, 1.807) is 18.3 Å². The summed E-state index contributed by atoms with van der Waals surface area (Å²) in [5.74, 6) is -0.244. The highest BCUT2D eigenvalue weighted by atomic mass is 32.2. The average Bonchev–Trinajstić information content (AvgIpc) is 2.58. The van der Waals surface area contributed by atoms with Gasteiger partial charge in [0.1, 0.15) is 0 Å². The van der Waals surface area contributed by atoms with Crippen LogP contribution in [0.15, 0.2) is 36.2 Å². The van der Waals surface area contributed by atoms with Gasteiger partial charge in [0.05, 0.1) is 11.8 Å². The zero-order valence-corrected chi connectivity index (χ0v) is 14.9. The summed E-state index contributed by atoms with van der Waals surface area (Å²) in [5, 5.41) is 2.74. The van der Waals surface area contributed by atoms with Gasteiger partial charge >= 0.3 is 0 Å². The maximum atomic E-state index is 12.0. The summed E-state index contributed by atoms with van der Waals surface area (Å²) >= 11 is 0. The molecule has 24 heavy (non-hydrogen) atoms. The first-order valence-corrected chi connectivity index (χ1v) is 10.1. The molecule has 7 heteroatoms. The van der Waals surface area contributed by atoms with Crippen molar-refractivity contribution in [2.24, 2.45) is 0 Å². The molecule has 0 saturated heterocycles. The van der Waals surface area contributed by atoms with Crippen molar-refractivity contribution >= 4 is 15.9 Å². The predicted molar refractivity (Wildman–Crippen MR) is 94.2 cm³/mol. The van der Waals surface area contributed by atoms with Crippen LogP contribution in [0.25, 0.3) is 0 Å². The van der Waals surface area contributed by atoms with E-state index in [1.165, 1.54) is 35.2 Å². The minimum Gasteiger partial charge on any atom is -0.351 e. The van der Waals surface area contributed by atoms with Crippen LogP contribution in [0.2, 0.25) is 0 Å². The normalized spacial score (nSPS) is 15.2. The van der Waals surface area contributed by atoms with Crippen molar-refractivity contribution in [2.45, 2.75) is 32.1 Å². The summed E-state index contributed by atoms with van der Waals surface area (Å²) in [4.78, 5) is 15.8. The van der Waals surface area contributed by atoms with Crippen LogP contribution in [0.1, 0.15) is 42.5 Å². The molecule has 6 nitrogen and oxygen atoms in total. The summed E-state index contributed by atoms with van der Waals surface area (Å²) < 4.78 is 25.3. The van der Waals surface area contributed by atoms with Crippen LogP contribution >= 0.6 is 0 Å². The van der Waals surface area contributed by atoms with Crippen LogP contribution < -0.4 is 5.32 Å². The maximum absolute atomic E-state index is 12.0. The standard InChI is InChI=1S/C17H25N3O3S/c1-24(22,23)20(12-9-15-6-3-2-4-7-15)13-11-19-17(21)16-8-5-10-18-14-16/h5-6,8,10,14H,2-4,7,9,11-13H2,1H3,(H,19,21). The van der Waals surface area contributed by atoms with Crippen LogP contribution in [0, 0.1) is 0 Å². The number of nitrogens with zero attached hydrogens (tertiary/aromatic N) is 2. The fraction of sp³-hybridized carbons (Fsp3) is 0.529. The maximum Gasteiger partial charge on any atom is 0.252 e. The van der Waals surface area contributed by atoms with E-state index in [-0.39, 0.29) is 19.0 Å². The summed E-state index contributed by atoms with van der Waals surface area (Å²) in [6.07, 6.45) is 11.9. The van der Waals surface area contributed by atoms with Crippen LogP contribution in [0.3, 0.4) is 0 Å². The van der Waals surface area contributed by atoms with Gasteiger partial charge in [-0.05, 0) is 44.2 Å². The Bertz CT molecular complexity index is 672. The third-order valence-electron chi connectivity index (χ3n) is 4.11. The Labute approximate surface area is 144 Å². The molecule has 0 fully saturated rings. The topological polar surface area (TPSA) is 79.4 Å². The molecule has 1 aliphatic carbocycles. The fourth-order valence-electron chi connectivity index (χ4n) is 2.74. The predicted octanol–water partition coefficient (Wildman–Crippen LogP) is 1.96. The van der Waals surface area contributed by atoms with E-state index in [1.807, 2.05) is 0 Å². The van der Waals surface area contributed by atoms with Crippen LogP contribution in [-0.4, -0.2) is 49.5 Å². The Morgan fingerprint density at radius 3 is 2.79 bits per heavy atom. The lowest BCUT2D eigenvalue weighted by molar-refractivity contribution is 0.0951. The first-order chi connectivity index (χ1) is 11.5. The van der Waals surface area contributed by atoms with Crippen LogP contribution in [0.4, 0.5) is 0 Å². The Kier molecular flexibility index (Phi) is 6.93. The second-order valence-corrected chi connectivity index (χ2v) is 8.00. The molecule has 1 aromatic heterocycles. The summed E-state index contributed by atoms with van der Waals surface area (Å²) in [6, 6.07) is 3.36. The number of carbonyl (C=O) groups is 1. The lowest BCUT2D eigenvalue weighted by atomic mass is 9.97. The summed E-state index contributed by atoms with van der Waals surface area (Å²) in [7, 11) is -3.29. The molecule has 1 aliphatic rings. The van der Waals surface area contributed by atoms with E-state index in [9.17, 15) is 13.2 Å². The summed E-state index contributed by atoms with van der Waals surface area (Å²) in [5.41, 5.74) is 1.81. The van der Waals surface area contributed by atoms with Gasteiger partial charge in [-0.1, -0.05) is 11.6 Å². The van der Waals surface area contributed by atoms with Gasteiger partial charge in [0.2, 0.25) is 10.0 Å². The minimum atomic E-state index is -3.29. The highest BCUT2D eigenvalue weighted by Crippen LogP contribution is 2.20. The summed E-state index contributed by atoms with van der Waals surface area (Å²) in [6.45, 7) is 1.02. The number of nitrogens with one attached hydrogen (secondary N) is 1. The Morgan fingerprint density at radius 2 is 2.17 bits per heavy atom. The van der Waals surface area contributed by atoms with Crippen molar-refractivity contribution in [3.8, 4) is 0 Å². The molecule has 0 radical (unpaired) electrons. The third kappa shape index (κ3) is 6.05. The average molecular weight is 351 g/mol. The number of aromatic nitrogens is 1. The highest BCUT2D eigenvalue weighted by Gasteiger charge is 2.17. The van der Waals surface area contributed by atoms with E-state index < -0.39 is 10.0 Å². The number of pyridine rings is 1. The number of hydrogen-bond donors (Lipinski definition) is 1. The second kappa shape index (κ2) is 8.94. The quantitative estimate of drug-likeness (QED) is 0.726. The molecule has 0 atom stereocenters. The van der Waals surface area contributed by atoms with Gasteiger partial charge in [0, 0.05) is 32.0 Å². The van der Waals surface area contributed by atoms with Crippen molar-refractivity contribution < 1.29 is 13.2 Å². The number of amides is 1. The molecule has 1 amide bonds. The molecular formula is C17H25N3O3S. The van der Waals surface area contributed by atoms with Crippen molar-refractivity contribution in [1.82, 2.24) is 14.6 Å². The Balaban J connectivity index is 1.83. The number of carbonyl (C=O) groups excluding carboxylic acids is 1. The van der Waals surface area contributed by atoms with Crippen molar-refractivity contribution in [3.63, 3.8) is 0 Å². The number of sulfonamides is 1. The molecule has 0 bridgehead atoms. The molecule has 2 rings (SSSR count). The molecule has 1 heterocycles. The molecule has 0 unspecified atom stereocenters. The van der Waals surface area contributed by atoms with Crippen LogP contribution in [-0.2, 0) is 10.0 Å². The van der Waals surface area contributed by atoms with Crippen LogP contribution in [0.5, 0.6) is 0 Å². The number of allylic oxidation sites excluding steroid dienone is 1. The molecule has 1 aromatic rings. The van der Waals surface area contributed by atoms with Crippen molar-refractivity contribution in [2.75, 3.05) is 25.9 Å². The lowest BCUT2D eigenvalue weighted by Crippen LogP contribution is -2.38. The molecule has 0 aromatic carbocycles. The van der Waals surface area contributed by atoms with E-state index in [4.69, 9.17) is 0 Å².